The zero-order valence-electron chi connectivity index (χ0n) is 28.9. The molecule has 1 fully saturated rings. The van der Waals surface area contributed by atoms with Gasteiger partial charge in [-0.25, -0.2) is 0 Å². The summed E-state index contributed by atoms with van der Waals surface area (Å²) in [5, 5.41) is 11.9. The first-order valence-corrected chi connectivity index (χ1v) is 16.9. The monoisotopic (exact) mass is 764 g/mol. The highest BCUT2D eigenvalue weighted by atomic mass is 19.4. The number of carbonyl (C=O) groups excluding carboxylic acids is 2. The number of carbonyl (C=O) groups is 2. The summed E-state index contributed by atoms with van der Waals surface area (Å²) in [5.41, 5.74) is -3.23. The van der Waals surface area contributed by atoms with Crippen molar-refractivity contribution in [2.45, 2.75) is 96.1 Å². The minimum atomic E-state index is -5.14. The molecule has 3 aromatic rings. The number of anilines is 2. The molecule has 5 rings (SSSR count). The third-order valence-corrected chi connectivity index (χ3v) is 9.58. The first kappa shape index (κ1) is 39.6. The molecule has 2 aromatic carbocycles. The second kappa shape index (κ2) is 15.4. The summed E-state index contributed by atoms with van der Waals surface area (Å²) in [6, 6.07) is 2.84. The largest absolute Gasteiger partial charge is 0.573 e. The second-order valence-electron chi connectivity index (χ2n) is 13.3. The van der Waals surface area contributed by atoms with Crippen LogP contribution in [0.4, 0.5) is 51.1 Å². The molecule has 0 saturated heterocycles. The maximum Gasteiger partial charge on any atom is 0.573 e. The summed E-state index contributed by atoms with van der Waals surface area (Å²) in [5.74, 6) is -1.74. The Labute approximate surface area is 298 Å². The van der Waals surface area contributed by atoms with Gasteiger partial charge >= 0.3 is 24.7 Å². The van der Waals surface area contributed by atoms with Crippen LogP contribution >= 0.6 is 0 Å². The van der Waals surface area contributed by atoms with E-state index < -0.39 is 65.7 Å². The number of halogens is 9. The summed E-state index contributed by atoms with van der Waals surface area (Å²) in [4.78, 5) is 29.3. The molecule has 2 aliphatic rings. The van der Waals surface area contributed by atoms with Crippen molar-refractivity contribution in [3.8, 4) is 5.75 Å². The Morgan fingerprint density at radius 1 is 0.925 bits per heavy atom. The van der Waals surface area contributed by atoms with Crippen molar-refractivity contribution < 1.29 is 58.6 Å². The molecular weight excluding hydrogens is 727 g/mol. The molecule has 0 radical (unpaired) electrons. The highest BCUT2D eigenvalue weighted by Gasteiger charge is 2.43. The number of aromatic nitrogens is 4. The number of fused-ring (bicyclic) bond motifs is 1. The SMILES string of the molecule is CC[C@@H]1C[C@H](N(Cc2cc(C(F)(F)F)cc(C(F)(F)F)c2)c2nnn(C)n2)c2cc(OC(F)(F)F)ccc2N1C(=O)C1CCC(CCOC(C)=O)CC1. The summed E-state index contributed by atoms with van der Waals surface area (Å²) in [6.45, 7) is 2.72. The van der Waals surface area contributed by atoms with Crippen molar-refractivity contribution in [3.05, 3.63) is 58.7 Å². The van der Waals surface area contributed by atoms with Crippen LogP contribution in [0.3, 0.4) is 0 Å². The molecule has 10 nitrogen and oxygen atoms in total. The topological polar surface area (TPSA) is 103 Å². The van der Waals surface area contributed by atoms with Crippen LogP contribution in [0.5, 0.6) is 5.75 Å². The number of hydrogen-bond donors (Lipinski definition) is 0. The fourth-order valence-electron chi connectivity index (χ4n) is 7.13. The number of nitrogens with zero attached hydrogens (tertiary/aromatic N) is 6. The minimum absolute atomic E-state index is 0.00490. The van der Waals surface area contributed by atoms with Gasteiger partial charge in [0.25, 0.3) is 5.95 Å². The van der Waals surface area contributed by atoms with E-state index in [0.717, 1.165) is 16.9 Å². The normalized spacial score (nSPS) is 20.9. The molecule has 0 bridgehead atoms. The van der Waals surface area contributed by atoms with Crippen LogP contribution in [0, 0.1) is 11.8 Å². The van der Waals surface area contributed by atoms with Gasteiger partial charge in [0.1, 0.15) is 5.75 Å². The van der Waals surface area contributed by atoms with Gasteiger partial charge in [0.2, 0.25) is 5.91 Å². The number of rotatable bonds is 10. The van der Waals surface area contributed by atoms with Crippen LogP contribution in [-0.4, -0.2) is 51.1 Å². The van der Waals surface area contributed by atoms with E-state index in [2.05, 4.69) is 20.1 Å². The lowest BCUT2D eigenvalue weighted by Gasteiger charge is -2.45. The van der Waals surface area contributed by atoms with E-state index in [1.165, 1.54) is 29.8 Å². The fourth-order valence-corrected chi connectivity index (χ4v) is 7.13. The standard InChI is InChI=1S/C34H37F9N6O4/c1-4-25-16-29(48(31-44-46-47(3)45-31)18-21-13-23(32(35,36)37)15-24(14-21)33(38,39)40)27-17-26(53-34(41,42)43)9-10-28(27)49(25)30(51)22-7-5-20(6-8-22)11-12-52-19(2)50/h9-10,13-15,17,20,22,25,29H,4-8,11-12,16,18H2,1-3H3/t20?,22?,25-,29+/m1/s1. The molecule has 53 heavy (non-hydrogen) atoms. The van der Waals surface area contributed by atoms with Gasteiger partial charge in [0, 0.05) is 36.7 Å². The molecule has 1 amide bonds. The number of benzene rings is 2. The zero-order chi connectivity index (χ0) is 38.9. The lowest BCUT2D eigenvalue weighted by Crippen LogP contribution is -2.50. The van der Waals surface area contributed by atoms with Gasteiger partial charge in [-0.3, -0.25) is 9.59 Å². The Kier molecular flexibility index (Phi) is 11.5. The van der Waals surface area contributed by atoms with Crippen molar-refractivity contribution in [1.29, 1.82) is 0 Å². The van der Waals surface area contributed by atoms with Crippen LogP contribution in [0.1, 0.15) is 87.1 Å². The highest BCUT2D eigenvalue weighted by Crippen LogP contribution is 2.47. The smallest absolute Gasteiger partial charge is 0.466 e. The van der Waals surface area contributed by atoms with Gasteiger partial charge in [-0.2, -0.15) is 31.1 Å². The average molecular weight is 765 g/mol. The number of amides is 1. The van der Waals surface area contributed by atoms with Gasteiger partial charge in [-0.1, -0.05) is 12.0 Å². The minimum Gasteiger partial charge on any atom is -0.466 e. The molecule has 0 spiro atoms. The van der Waals surface area contributed by atoms with E-state index in [4.69, 9.17) is 4.74 Å². The van der Waals surface area contributed by atoms with Gasteiger partial charge in [-0.05, 0) is 98.0 Å². The fraction of sp³-hybridized carbons (Fsp3) is 0.559. The molecule has 1 aromatic heterocycles. The number of esters is 1. The predicted molar refractivity (Wildman–Crippen MR) is 170 cm³/mol. The van der Waals surface area contributed by atoms with E-state index in [0.29, 0.717) is 50.7 Å². The maximum absolute atomic E-state index is 14.3. The summed E-state index contributed by atoms with van der Waals surface area (Å²) < 4.78 is 132. The number of hydrogen-bond acceptors (Lipinski definition) is 8. The van der Waals surface area contributed by atoms with E-state index >= 15 is 0 Å². The third kappa shape index (κ3) is 9.70. The number of alkyl halides is 9. The van der Waals surface area contributed by atoms with E-state index in [1.54, 1.807) is 6.92 Å². The molecule has 2 atom stereocenters. The molecule has 0 N–H and O–H groups in total. The number of ether oxygens (including phenoxy) is 2. The van der Waals surface area contributed by atoms with Crippen molar-refractivity contribution in [2.24, 2.45) is 18.9 Å². The lowest BCUT2D eigenvalue weighted by molar-refractivity contribution is -0.274. The Morgan fingerprint density at radius 3 is 2.09 bits per heavy atom. The van der Waals surface area contributed by atoms with E-state index in [9.17, 15) is 49.1 Å². The summed E-state index contributed by atoms with van der Waals surface area (Å²) >= 11 is 0. The Bertz CT molecular complexity index is 1740. The first-order valence-electron chi connectivity index (χ1n) is 16.9. The highest BCUT2D eigenvalue weighted by molar-refractivity contribution is 5.97. The van der Waals surface area contributed by atoms with Crippen LogP contribution < -0.4 is 14.5 Å². The van der Waals surface area contributed by atoms with Crippen molar-refractivity contribution in [2.75, 3.05) is 16.4 Å². The third-order valence-electron chi connectivity index (χ3n) is 9.58. The van der Waals surface area contributed by atoms with Crippen molar-refractivity contribution in [3.63, 3.8) is 0 Å². The Hall–Kier alpha value is -4.58. The quantitative estimate of drug-likeness (QED) is 0.151. The first-order chi connectivity index (χ1) is 24.7. The maximum atomic E-state index is 14.3. The van der Waals surface area contributed by atoms with Gasteiger partial charge in [-0.15, -0.1) is 18.3 Å². The molecular formula is C34H37F9N6O4. The van der Waals surface area contributed by atoms with E-state index in [1.807, 2.05) is 0 Å². The van der Waals surface area contributed by atoms with Crippen molar-refractivity contribution >= 4 is 23.5 Å². The average Bonchev–Trinajstić information content (AvgIpc) is 3.50. The molecule has 1 aliphatic carbocycles. The van der Waals surface area contributed by atoms with Crippen LogP contribution in [0.15, 0.2) is 36.4 Å². The number of aryl methyl sites for hydroxylation is 1. The van der Waals surface area contributed by atoms with Gasteiger partial charge in [0.15, 0.2) is 0 Å². The molecule has 1 saturated carbocycles. The second-order valence-corrected chi connectivity index (χ2v) is 13.3. The molecule has 290 valence electrons. The lowest BCUT2D eigenvalue weighted by atomic mass is 9.79. The Morgan fingerprint density at radius 2 is 1.57 bits per heavy atom. The zero-order valence-corrected chi connectivity index (χ0v) is 28.9. The Balaban J connectivity index is 1.56. The van der Waals surface area contributed by atoms with Crippen LogP contribution in [0.2, 0.25) is 0 Å². The van der Waals surface area contributed by atoms with Gasteiger partial charge in [0.05, 0.1) is 30.8 Å². The molecule has 0 unspecified atom stereocenters. The summed E-state index contributed by atoms with van der Waals surface area (Å²) in [6.07, 6.45) is -12.0. The predicted octanol–water partition coefficient (Wildman–Crippen LogP) is 8.17. The van der Waals surface area contributed by atoms with Crippen LogP contribution in [-0.2, 0) is 40.3 Å². The van der Waals surface area contributed by atoms with E-state index in [-0.39, 0.29) is 54.1 Å². The number of tetrazole rings is 1. The van der Waals surface area contributed by atoms with Gasteiger partial charge < -0.3 is 19.3 Å². The van der Waals surface area contributed by atoms with Crippen molar-refractivity contribution in [1.82, 2.24) is 20.2 Å². The van der Waals surface area contributed by atoms with Crippen LogP contribution in [0.25, 0.3) is 0 Å². The molecule has 2 heterocycles. The summed E-state index contributed by atoms with van der Waals surface area (Å²) in [7, 11) is 1.38. The molecule has 1 aliphatic heterocycles. The molecule has 19 heteroatoms.